The monoisotopic (exact) mass is 151 g/mol. The maximum atomic E-state index is 8.89. The summed E-state index contributed by atoms with van der Waals surface area (Å²) in [5, 5.41) is 8.89. The number of nitrogens with zero attached hydrogens (tertiary/aromatic N) is 1. The maximum Gasteiger partial charge on any atom is 0.0675 e. The summed E-state index contributed by atoms with van der Waals surface area (Å²) in [6, 6.07) is 0. The van der Waals surface area contributed by atoms with Crippen molar-refractivity contribution in [1.29, 1.82) is 0 Å². The third-order valence-corrected chi connectivity index (χ3v) is 0. The van der Waals surface area contributed by atoms with Crippen molar-refractivity contribution in [3.8, 4) is 0 Å². The Balaban J connectivity index is -0.0000000910. The number of hydrogen-bond acceptors (Lipinski definition) is 2. The Hall–Kier alpha value is -0.610. The van der Waals surface area contributed by atoms with Crippen LogP contribution in [0.2, 0.25) is 0 Å². The molecule has 0 heterocycles. The van der Waals surface area contributed by atoms with Crippen molar-refractivity contribution in [3.63, 3.8) is 0 Å². The van der Waals surface area contributed by atoms with E-state index in [0.717, 1.165) is 11.4 Å². The van der Waals surface area contributed by atoms with E-state index in [0.29, 0.717) is 0 Å². The van der Waals surface area contributed by atoms with Crippen LogP contribution in [0.3, 0.4) is 0 Å². The molecule has 0 spiro atoms. The van der Waals surface area contributed by atoms with Gasteiger partial charge in [-0.2, -0.15) is 0 Å². The normalized spacial score (nSPS) is 8.50. The quantitative estimate of drug-likeness (QED) is 0.385. The van der Waals surface area contributed by atoms with Crippen LogP contribution in [0.15, 0.2) is 0 Å². The van der Waals surface area contributed by atoms with Gasteiger partial charge >= 0.3 is 0 Å². The van der Waals surface area contributed by atoms with Gasteiger partial charge in [0.05, 0.1) is 28.2 Å². The lowest BCUT2D eigenvalue weighted by atomic mass is 10.8. The van der Waals surface area contributed by atoms with Gasteiger partial charge in [0.15, 0.2) is 0 Å². The van der Waals surface area contributed by atoms with Gasteiger partial charge in [-0.1, -0.05) is 0 Å². The van der Waals surface area contributed by atoms with E-state index in [2.05, 4.69) is 28.2 Å². The molecule has 0 aromatic rings. The Kier molecular flexibility index (Phi) is 10.5. The predicted molar refractivity (Wildman–Crippen MR) is 38.3 cm³/mol. The molecule has 4 nitrogen and oxygen atoms in total. The second-order valence-electron chi connectivity index (χ2n) is 3.17. The van der Waals surface area contributed by atoms with Crippen molar-refractivity contribution in [2.75, 3.05) is 28.2 Å². The molecule has 0 saturated heterocycles. The fourth-order valence-corrected chi connectivity index (χ4v) is 0. The average molecular weight is 151 g/mol. The first kappa shape index (κ1) is 16.2. The Labute approximate surface area is 62.0 Å². The van der Waals surface area contributed by atoms with E-state index in [1.165, 1.54) is 0 Å². The summed E-state index contributed by atoms with van der Waals surface area (Å²) in [6.07, 6.45) is 0. The molecule has 0 bridgehead atoms. The van der Waals surface area contributed by atoms with Gasteiger partial charge in [-0.3, -0.25) is 0 Å². The summed E-state index contributed by atoms with van der Waals surface area (Å²) in [4.78, 5) is 8.89. The number of hydrogen-bond donors (Lipinski definition) is 0. The molecule has 0 atom stereocenters. The van der Waals surface area contributed by atoms with Crippen LogP contribution in [-0.4, -0.2) is 44.1 Å². The van der Waals surface area contributed by atoms with Gasteiger partial charge in [0, 0.05) is 5.97 Å². The summed E-state index contributed by atoms with van der Waals surface area (Å²) >= 11 is 0. The molecule has 0 aliphatic heterocycles. The minimum Gasteiger partial charge on any atom is -0.550 e. The maximum absolute atomic E-state index is 8.89. The van der Waals surface area contributed by atoms with Crippen LogP contribution in [0.5, 0.6) is 0 Å². The van der Waals surface area contributed by atoms with E-state index in [1.54, 1.807) is 0 Å². The molecule has 0 saturated carbocycles. The lowest BCUT2D eigenvalue weighted by Gasteiger charge is -2.14. The van der Waals surface area contributed by atoms with Gasteiger partial charge in [-0.05, 0) is 6.92 Å². The first-order valence-electron chi connectivity index (χ1n) is 2.70. The van der Waals surface area contributed by atoms with E-state index in [1.807, 2.05) is 0 Å². The molecular formula is C6H17NO3. The number of aliphatic carboxylic acids is 1. The lowest BCUT2D eigenvalue weighted by Crippen LogP contribution is -2.27. The van der Waals surface area contributed by atoms with Gasteiger partial charge in [0.1, 0.15) is 0 Å². The molecule has 2 N–H and O–H groups in total. The van der Waals surface area contributed by atoms with Crippen LogP contribution in [-0.2, 0) is 4.79 Å². The van der Waals surface area contributed by atoms with E-state index in [4.69, 9.17) is 9.90 Å². The smallest absolute Gasteiger partial charge is 0.0675 e. The van der Waals surface area contributed by atoms with E-state index in [-0.39, 0.29) is 5.48 Å². The SMILES string of the molecule is CC(=O)[O-].C[N+](C)(C)C.O. The van der Waals surface area contributed by atoms with E-state index in [9.17, 15) is 0 Å². The van der Waals surface area contributed by atoms with Crippen LogP contribution < -0.4 is 5.11 Å². The number of carboxylic acid groups (broad SMARTS) is 1. The summed E-state index contributed by atoms with van der Waals surface area (Å²) in [5.41, 5.74) is 0. The summed E-state index contributed by atoms with van der Waals surface area (Å²) < 4.78 is 1.00. The summed E-state index contributed by atoms with van der Waals surface area (Å²) in [7, 11) is 8.50. The van der Waals surface area contributed by atoms with Crippen LogP contribution >= 0.6 is 0 Å². The molecule has 0 aliphatic rings. The minimum absolute atomic E-state index is 0. The van der Waals surface area contributed by atoms with Crippen molar-refractivity contribution in [2.24, 2.45) is 0 Å². The second kappa shape index (κ2) is 6.51. The highest BCUT2D eigenvalue weighted by atomic mass is 16.4. The number of carbonyl (C=O) groups is 1. The topological polar surface area (TPSA) is 71.6 Å². The lowest BCUT2D eigenvalue weighted by molar-refractivity contribution is -0.849. The zero-order valence-electron chi connectivity index (χ0n) is 7.26. The van der Waals surface area contributed by atoms with Gasteiger partial charge in [0.2, 0.25) is 0 Å². The number of rotatable bonds is 0. The first-order valence-corrected chi connectivity index (χ1v) is 2.70. The van der Waals surface area contributed by atoms with E-state index < -0.39 is 5.97 Å². The molecule has 0 fully saturated rings. The Bertz CT molecular complexity index is 75.5. The van der Waals surface area contributed by atoms with Crippen molar-refractivity contribution in [1.82, 2.24) is 0 Å². The van der Waals surface area contributed by atoms with Crippen LogP contribution in [0.1, 0.15) is 6.92 Å². The van der Waals surface area contributed by atoms with Crippen LogP contribution in [0.25, 0.3) is 0 Å². The summed E-state index contributed by atoms with van der Waals surface area (Å²) in [6.45, 7) is 0.972. The Morgan fingerprint density at radius 3 is 1.20 bits per heavy atom. The fourth-order valence-electron chi connectivity index (χ4n) is 0. The fraction of sp³-hybridized carbons (Fsp3) is 0.833. The molecule has 4 heteroatoms. The molecule has 0 rings (SSSR count). The third kappa shape index (κ3) is 811. The molecular weight excluding hydrogens is 134 g/mol. The third-order valence-electron chi connectivity index (χ3n) is 0. The van der Waals surface area contributed by atoms with Gasteiger partial charge in [-0.15, -0.1) is 0 Å². The van der Waals surface area contributed by atoms with Crippen LogP contribution in [0, 0.1) is 0 Å². The molecule has 0 unspecified atom stereocenters. The van der Waals surface area contributed by atoms with Gasteiger partial charge in [-0.25, -0.2) is 0 Å². The summed E-state index contributed by atoms with van der Waals surface area (Å²) in [5.74, 6) is -1.08. The zero-order chi connectivity index (χ0) is 8.08. The number of quaternary nitrogens is 1. The standard InChI is InChI=1S/C4H12N.C2H4O2.H2O/c1-5(2,3)4;1-2(3)4;/h1-4H3;1H3,(H,3,4);1H2/q+1;;/p-1. The number of carboxylic acids is 1. The zero-order valence-corrected chi connectivity index (χ0v) is 7.26. The average Bonchev–Trinajstić information content (AvgIpc) is 1.19. The second-order valence-corrected chi connectivity index (χ2v) is 3.17. The molecule has 10 heavy (non-hydrogen) atoms. The van der Waals surface area contributed by atoms with Gasteiger partial charge in [0.25, 0.3) is 0 Å². The van der Waals surface area contributed by atoms with Gasteiger partial charge < -0.3 is 19.9 Å². The van der Waals surface area contributed by atoms with Crippen molar-refractivity contribution in [3.05, 3.63) is 0 Å². The van der Waals surface area contributed by atoms with E-state index >= 15 is 0 Å². The molecule has 64 valence electrons. The Morgan fingerprint density at radius 2 is 1.20 bits per heavy atom. The van der Waals surface area contributed by atoms with Crippen LogP contribution in [0.4, 0.5) is 0 Å². The Morgan fingerprint density at radius 1 is 1.20 bits per heavy atom. The predicted octanol–water partition coefficient (Wildman–Crippen LogP) is -1.75. The molecule has 0 aromatic carbocycles. The van der Waals surface area contributed by atoms with Crippen molar-refractivity contribution < 1.29 is 19.9 Å². The molecule has 0 amide bonds. The molecule has 0 aliphatic carbocycles. The van der Waals surface area contributed by atoms with Crippen molar-refractivity contribution in [2.45, 2.75) is 6.92 Å². The number of carbonyl (C=O) groups excluding carboxylic acids is 1. The highest BCUT2D eigenvalue weighted by Gasteiger charge is 1.88. The highest BCUT2D eigenvalue weighted by molar-refractivity contribution is 5.60. The molecule has 0 aromatic heterocycles. The minimum atomic E-state index is -1.08. The highest BCUT2D eigenvalue weighted by Crippen LogP contribution is 1.73. The molecule has 0 radical (unpaired) electrons. The largest absolute Gasteiger partial charge is 0.550 e. The van der Waals surface area contributed by atoms with Crippen molar-refractivity contribution >= 4 is 5.97 Å². The first-order chi connectivity index (χ1) is 3.73.